The van der Waals surface area contributed by atoms with Gasteiger partial charge in [-0.05, 0) is 94.1 Å². The lowest BCUT2D eigenvalue weighted by atomic mass is 9.97. The average Bonchev–Trinajstić information content (AvgIpc) is 3.45. The highest BCUT2D eigenvalue weighted by atomic mass is 16.5. The van der Waals surface area contributed by atoms with Gasteiger partial charge in [0.1, 0.15) is 0 Å². The smallest absolute Gasteiger partial charge is 0.351 e. The van der Waals surface area contributed by atoms with Gasteiger partial charge in [0.2, 0.25) is 11.4 Å². The Morgan fingerprint density at radius 3 is 1.71 bits per heavy atom. The number of rotatable bonds is 3. The number of methoxy groups -OCH3 is 1. The quantitative estimate of drug-likeness (QED) is 0.118. The molecule has 1 heterocycles. The van der Waals surface area contributed by atoms with Crippen molar-refractivity contribution in [2.75, 3.05) is 7.11 Å². The Balaban J connectivity index is 0.000000460. The van der Waals surface area contributed by atoms with Gasteiger partial charge in [0.05, 0.1) is 31.1 Å². The molecule has 0 radical (unpaired) electrons. The van der Waals surface area contributed by atoms with Gasteiger partial charge in [-0.25, -0.2) is 0 Å². The standard InChI is InChI=1S/C36H34N2.C5H10O2/c1-20-15-22(3)33(23(4)16-20)37-26(7)38(34-24(5)17-21(2)18-25(34)6)36-32-29-13-9-8-11-27(29)19-28-12-10-14-30(31(28)32)35(36)37;1-4(2)5(6)7-3/h8-19,26H,1-7H3;4H,1-3H3/q+2;. The van der Waals surface area contributed by atoms with Gasteiger partial charge in [0, 0.05) is 27.6 Å². The van der Waals surface area contributed by atoms with Gasteiger partial charge < -0.3 is 4.74 Å². The van der Waals surface area contributed by atoms with Gasteiger partial charge in [0.15, 0.2) is 0 Å². The van der Waals surface area contributed by atoms with Crippen LogP contribution in [0.25, 0.3) is 21.5 Å². The Morgan fingerprint density at radius 2 is 1.20 bits per heavy atom. The predicted molar refractivity (Wildman–Crippen MR) is 187 cm³/mol. The minimum Gasteiger partial charge on any atom is -0.469 e. The lowest BCUT2D eigenvalue weighted by Crippen LogP contribution is -2.28. The van der Waals surface area contributed by atoms with Gasteiger partial charge in [-0.15, -0.1) is 9.15 Å². The molecule has 0 saturated carbocycles. The summed E-state index contributed by atoms with van der Waals surface area (Å²) in [6.45, 7) is 19.5. The van der Waals surface area contributed by atoms with Gasteiger partial charge in [-0.3, -0.25) is 4.79 Å². The normalized spacial score (nSPS) is 15.2. The van der Waals surface area contributed by atoms with E-state index >= 15 is 0 Å². The molecule has 1 aliphatic heterocycles. The van der Waals surface area contributed by atoms with Crippen LogP contribution in [-0.4, -0.2) is 39.8 Å². The SMILES string of the molecule is COC(=O)C(C)C.Cc1cc(C)c([N+]2=C3C(=[N+](c4c(C)cc(C)cc4C)C2C)c2c4ccccc4cc4cccc3c24)c(C)c1. The third kappa shape index (κ3) is 4.88. The molecule has 0 fully saturated rings. The fraction of sp³-hybridized carbons (Fsp3) is 0.293. The molecular formula is C41H44N2O2+2. The van der Waals surface area contributed by atoms with Crippen LogP contribution in [0.5, 0.6) is 0 Å². The topological polar surface area (TPSA) is 32.3 Å². The molecule has 5 aromatic rings. The molecule has 4 nitrogen and oxygen atoms in total. The molecule has 1 aliphatic carbocycles. The van der Waals surface area contributed by atoms with E-state index in [1.165, 1.54) is 96.0 Å². The zero-order valence-electron chi connectivity index (χ0n) is 28.3. The van der Waals surface area contributed by atoms with Crippen molar-refractivity contribution in [3.8, 4) is 0 Å². The molecule has 228 valence electrons. The summed E-state index contributed by atoms with van der Waals surface area (Å²) < 4.78 is 9.64. The second-order valence-corrected chi connectivity index (χ2v) is 13.1. The van der Waals surface area contributed by atoms with Crippen molar-refractivity contribution in [2.45, 2.75) is 68.5 Å². The number of fused-ring (bicyclic) bond motifs is 5. The van der Waals surface area contributed by atoms with Crippen LogP contribution in [0.15, 0.2) is 72.8 Å². The third-order valence-corrected chi connectivity index (χ3v) is 9.26. The molecule has 0 amide bonds. The lowest BCUT2D eigenvalue weighted by molar-refractivity contribution is -0.688. The van der Waals surface area contributed by atoms with E-state index in [0.29, 0.717) is 0 Å². The summed E-state index contributed by atoms with van der Waals surface area (Å²) in [4.78, 5) is 10.3. The van der Waals surface area contributed by atoms with Crippen LogP contribution >= 0.6 is 0 Å². The number of carbonyl (C=O) groups is 1. The van der Waals surface area contributed by atoms with Gasteiger partial charge >= 0.3 is 12.1 Å². The first kappa shape index (κ1) is 30.5. The zero-order valence-corrected chi connectivity index (χ0v) is 28.3. The minimum absolute atomic E-state index is 0.00463. The highest BCUT2D eigenvalue weighted by Gasteiger charge is 2.54. The number of ether oxygens (including phenoxy) is 1. The first-order valence-electron chi connectivity index (χ1n) is 16.0. The molecule has 0 bridgehead atoms. The maximum absolute atomic E-state index is 10.3. The third-order valence-electron chi connectivity index (χ3n) is 9.26. The van der Waals surface area contributed by atoms with Crippen LogP contribution in [0.2, 0.25) is 0 Å². The fourth-order valence-corrected chi connectivity index (χ4v) is 7.72. The summed E-state index contributed by atoms with van der Waals surface area (Å²) in [6, 6.07) is 27.4. The molecule has 7 rings (SSSR count). The van der Waals surface area contributed by atoms with Crippen LogP contribution in [-0.2, 0) is 9.53 Å². The number of hydrogen-bond acceptors (Lipinski definition) is 2. The maximum Gasteiger partial charge on any atom is 0.351 e. The number of carbonyl (C=O) groups excluding carboxylic acids is 1. The molecule has 1 unspecified atom stereocenters. The monoisotopic (exact) mass is 596 g/mol. The van der Waals surface area contributed by atoms with Crippen molar-refractivity contribution in [1.29, 1.82) is 0 Å². The number of benzene rings is 5. The van der Waals surface area contributed by atoms with Gasteiger partial charge in [-0.1, -0.05) is 61.4 Å². The molecule has 1 atom stereocenters. The highest BCUT2D eigenvalue weighted by molar-refractivity contribution is 6.60. The summed E-state index contributed by atoms with van der Waals surface area (Å²) >= 11 is 0. The number of nitrogens with zero attached hydrogens (tertiary/aromatic N) is 2. The lowest BCUT2D eigenvalue weighted by Gasteiger charge is -2.14. The Kier molecular flexibility index (Phi) is 7.72. The molecule has 2 aliphatic rings. The van der Waals surface area contributed by atoms with E-state index in [0.717, 1.165) is 0 Å². The molecule has 0 N–H and O–H groups in total. The summed E-state index contributed by atoms with van der Waals surface area (Å²) in [5.74, 6) is -0.148. The molecule has 4 heteroatoms. The fourth-order valence-electron chi connectivity index (χ4n) is 7.72. The molecule has 0 aromatic heterocycles. The summed E-state index contributed by atoms with van der Waals surface area (Å²) in [7, 11) is 1.39. The maximum atomic E-state index is 10.3. The summed E-state index contributed by atoms with van der Waals surface area (Å²) in [6.07, 6.45) is 0.127. The minimum atomic E-state index is -0.153. The predicted octanol–water partition coefficient (Wildman–Crippen LogP) is 9.30. The van der Waals surface area contributed by atoms with Crippen molar-refractivity contribution in [1.82, 2.24) is 0 Å². The Morgan fingerprint density at radius 1 is 0.689 bits per heavy atom. The zero-order chi connectivity index (χ0) is 32.3. The molecule has 0 saturated heterocycles. The van der Waals surface area contributed by atoms with Crippen LogP contribution in [0.4, 0.5) is 11.4 Å². The summed E-state index contributed by atoms with van der Waals surface area (Å²) in [5, 5.41) is 5.32. The first-order valence-corrected chi connectivity index (χ1v) is 16.0. The molecular weight excluding hydrogens is 552 g/mol. The molecule has 45 heavy (non-hydrogen) atoms. The second kappa shape index (κ2) is 11.4. The van der Waals surface area contributed by atoms with Crippen LogP contribution in [0, 0.1) is 47.5 Å². The second-order valence-electron chi connectivity index (χ2n) is 13.1. The van der Waals surface area contributed by atoms with E-state index in [2.05, 4.69) is 135 Å². The number of esters is 1. The Hall–Kier alpha value is -4.57. The molecule has 5 aromatic carbocycles. The van der Waals surface area contributed by atoms with E-state index in [1.54, 1.807) is 13.8 Å². The van der Waals surface area contributed by atoms with E-state index in [-0.39, 0.29) is 18.1 Å². The number of aryl methyl sites for hydroxylation is 6. The van der Waals surface area contributed by atoms with Crippen molar-refractivity contribution in [3.05, 3.63) is 117 Å². The summed E-state index contributed by atoms with van der Waals surface area (Å²) in [5.41, 5.74) is 16.0. The van der Waals surface area contributed by atoms with E-state index < -0.39 is 0 Å². The van der Waals surface area contributed by atoms with Gasteiger partial charge in [0.25, 0.3) is 11.4 Å². The van der Waals surface area contributed by atoms with Crippen molar-refractivity contribution in [3.63, 3.8) is 0 Å². The van der Waals surface area contributed by atoms with Gasteiger partial charge in [-0.2, -0.15) is 0 Å². The Bertz CT molecular complexity index is 2070. The first-order chi connectivity index (χ1) is 21.4. The van der Waals surface area contributed by atoms with E-state index in [4.69, 9.17) is 0 Å². The molecule has 0 spiro atoms. The van der Waals surface area contributed by atoms with Crippen LogP contribution in [0.3, 0.4) is 0 Å². The largest absolute Gasteiger partial charge is 0.469 e. The highest BCUT2D eigenvalue weighted by Crippen LogP contribution is 2.44. The van der Waals surface area contributed by atoms with E-state index in [9.17, 15) is 4.79 Å². The number of hydrogen-bond donors (Lipinski definition) is 0. The van der Waals surface area contributed by atoms with Crippen molar-refractivity contribution >= 4 is 50.3 Å². The van der Waals surface area contributed by atoms with E-state index in [1.807, 2.05) is 0 Å². The van der Waals surface area contributed by atoms with Crippen molar-refractivity contribution < 1.29 is 18.7 Å². The van der Waals surface area contributed by atoms with Crippen molar-refractivity contribution in [2.24, 2.45) is 5.92 Å². The Labute approximate surface area is 267 Å². The van der Waals surface area contributed by atoms with Crippen LogP contribution < -0.4 is 0 Å². The average molecular weight is 597 g/mol. The van der Waals surface area contributed by atoms with Crippen LogP contribution in [0.1, 0.15) is 65.3 Å².